The molecule has 2 aromatic carbocycles. The van der Waals surface area contributed by atoms with Gasteiger partial charge in [-0.1, -0.05) is 42.5 Å². The lowest BCUT2D eigenvalue weighted by Gasteiger charge is -2.38. The SMILES string of the molecule is COc1ccc(CNC(=O)C2(S(=O)(=O)NC(=O)OCc3ccccc3)C=C(C#N)C=CC2NC2CCNC2)cc1OC. The number of nitrogens with one attached hydrogen (secondary N) is 4. The second-order valence-electron chi connectivity index (χ2n) is 9.74. The number of methoxy groups -OCH3 is 2. The Morgan fingerprint density at radius 2 is 1.86 bits per heavy atom. The Bertz CT molecular complexity index is 1500. The Balaban J connectivity index is 1.66. The summed E-state index contributed by atoms with van der Waals surface area (Å²) >= 11 is 0. The van der Waals surface area contributed by atoms with Crippen LogP contribution in [0.15, 0.2) is 72.3 Å². The smallest absolute Gasteiger partial charge is 0.421 e. The van der Waals surface area contributed by atoms with Crippen molar-refractivity contribution in [2.75, 3.05) is 27.3 Å². The van der Waals surface area contributed by atoms with Crippen LogP contribution in [0.1, 0.15) is 17.5 Å². The van der Waals surface area contributed by atoms with Gasteiger partial charge in [-0.25, -0.2) is 17.9 Å². The molecule has 42 heavy (non-hydrogen) atoms. The molecule has 0 spiro atoms. The van der Waals surface area contributed by atoms with Crippen molar-refractivity contribution in [3.8, 4) is 17.6 Å². The first-order chi connectivity index (χ1) is 20.2. The number of sulfonamides is 1. The summed E-state index contributed by atoms with van der Waals surface area (Å²) < 4.78 is 43.4. The standard InChI is InChI=1S/C29H33N5O7S/c1-39-24-10-8-21(14-25(24)40-2)17-32-27(35)29(15-22(16-30)9-11-26(29)33-23-12-13-31-18-23)42(37,38)34-28(36)41-19-20-6-4-3-5-7-20/h3-11,14-15,23,26,31,33H,12-13,17-19H2,1-2H3,(H,32,35)(H,34,36). The second-order valence-corrected chi connectivity index (χ2v) is 11.6. The first kappa shape index (κ1) is 30.6. The van der Waals surface area contributed by atoms with Gasteiger partial charge in [0.15, 0.2) is 11.5 Å². The summed E-state index contributed by atoms with van der Waals surface area (Å²) in [7, 11) is -1.88. The molecule has 0 aromatic heterocycles. The molecule has 12 nitrogen and oxygen atoms in total. The van der Waals surface area contributed by atoms with E-state index in [2.05, 4.69) is 16.0 Å². The fourth-order valence-corrected chi connectivity index (χ4v) is 6.37. The molecule has 4 rings (SSSR count). The van der Waals surface area contributed by atoms with Crippen LogP contribution >= 0.6 is 0 Å². The molecule has 1 saturated heterocycles. The molecule has 2 aliphatic rings. The van der Waals surface area contributed by atoms with Crippen molar-refractivity contribution in [3.63, 3.8) is 0 Å². The zero-order chi connectivity index (χ0) is 30.2. The summed E-state index contributed by atoms with van der Waals surface area (Å²) in [5.74, 6) is -0.0329. The van der Waals surface area contributed by atoms with E-state index in [1.807, 2.05) is 10.8 Å². The fraction of sp³-hybridized carbons (Fsp3) is 0.345. The summed E-state index contributed by atoms with van der Waals surface area (Å²) in [6.07, 6.45) is 3.41. The number of rotatable bonds is 11. The van der Waals surface area contributed by atoms with E-state index < -0.39 is 32.8 Å². The van der Waals surface area contributed by atoms with E-state index in [9.17, 15) is 23.3 Å². The summed E-state index contributed by atoms with van der Waals surface area (Å²) in [4.78, 5) is 26.8. The van der Waals surface area contributed by atoms with E-state index in [0.29, 0.717) is 42.1 Å². The number of carbonyl (C=O) groups is 2. The van der Waals surface area contributed by atoms with Gasteiger partial charge >= 0.3 is 6.09 Å². The van der Waals surface area contributed by atoms with E-state index in [4.69, 9.17) is 14.2 Å². The lowest BCUT2D eigenvalue weighted by Crippen LogP contribution is -2.67. The zero-order valence-corrected chi connectivity index (χ0v) is 24.1. The van der Waals surface area contributed by atoms with Gasteiger partial charge in [-0.05, 0) is 48.4 Å². The summed E-state index contributed by atoms with van der Waals surface area (Å²) in [6.45, 7) is 0.999. The molecule has 1 heterocycles. The molecular weight excluding hydrogens is 562 g/mol. The van der Waals surface area contributed by atoms with Gasteiger partial charge < -0.3 is 30.2 Å². The van der Waals surface area contributed by atoms with Gasteiger partial charge in [0, 0.05) is 24.7 Å². The maximum atomic E-state index is 14.1. The van der Waals surface area contributed by atoms with Gasteiger partial charge in [-0.2, -0.15) is 5.26 Å². The highest BCUT2D eigenvalue weighted by Gasteiger charge is 2.57. The van der Waals surface area contributed by atoms with Crippen molar-refractivity contribution < 1.29 is 32.2 Å². The third kappa shape index (κ3) is 6.73. The second kappa shape index (κ2) is 13.5. The third-order valence-corrected chi connectivity index (χ3v) is 8.92. The third-order valence-electron chi connectivity index (χ3n) is 7.04. The summed E-state index contributed by atoms with van der Waals surface area (Å²) in [6, 6.07) is 14.4. The maximum Gasteiger partial charge on any atom is 0.421 e. The molecular formula is C29H33N5O7S. The number of nitrogens with zero attached hydrogens (tertiary/aromatic N) is 1. The van der Waals surface area contributed by atoms with Gasteiger partial charge in [-0.3, -0.25) is 4.79 Å². The van der Waals surface area contributed by atoms with E-state index in [-0.39, 0.29) is 24.8 Å². The lowest BCUT2D eigenvalue weighted by atomic mass is 9.89. The highest BCUT2D eigenvalue weighted by atomic mass is 32.2. The average molecular weight is 596 g/mol. The van der Waals surface area contributed by atoms with Crippen molar-refractivity contribution in [1.82, 2.24) is 20.7 Å². The Kier molecular flexibility index (Phi) is 9.84. The monoisotopic (exact) mass is 595 g/mol. The largest absolute Gasteiger partial charge is 0.493 e. The first-order valence-electron chi connectivity index (χ1n) is 13.2. The van der Waals surface area contributed by atoms with E-state index in [1.54, 1.807) is 48.5 Å². The molecule has 222 valence electrons. The molecule has 0 saturated carbocycles. The fourth-order valence-electron chi connectivity index (χ4n) is 4.84. The number of hydrogen-bond donors (Lipinski definition) is 4. The van der Waals surface area contributed by atoms with Gasteiger partial charge in [-0.15, -0.1) is 0 Å². The van der Waals surface area contributed by atoms with Gasteiger partial charge in [0.05, 0.1) is 26.3 Å². The molecule has 1 fully saturated rings. The van der Waals surface area contributed by atoms with Gasteiger partial charge in [0.1, 0.15) is 6.61 Å². The Morgan fingerprint density at radius 3 is 2.52 bits per heavy atom. The molecule has 13 heteroatoms. The van der Waals surface area contributed by atoms with E-state index in [0.717, 1.165) is 6.08 Å². The predicted molar refractivity (Wildman–Crippen MR) is 154 cm³/mol. The minimum Gasteiger partial charge on any atom is -0.493 e. The first-order valence-corrected chi connectivity index (χ1v) is 14.7. The van der Waals surface area contributed by atoms with Crippen LogP contribution in [0.4, 0.5) is 4.79 Å². The quantitative estimate of drug-likeness (QED) is 0.300. The number of hydrogen-bond acceptors (Lipinski definition) is 10. The molecule has 1 aliphatic heterocycles. The Hall–Kier alpha value is -4.38. The topological polar surface area (TPSA) is 168 Å². The van der Waals surface area contributed by atoms with Crippen LogP contribution in [0.5, 0.6) is 11.5 Å². The van der Waals surface area contributed by atoms with E-state index in [1.165, 1.54) is 26.4 Å². The van der Waals surface area contributed by atoms with Crippen LogP contribution in [0.25, 0.3) is 0 Å². The number of allylic oxidation sites excluding steroid dienone is 2. The predicted octanol–water partition coefficient (Wildman–Crippen LogP) is 1.65. The van der Waals surface area contributed by atoms with Crippen molar-refractivity contribution >= 4 is 22.0 Å². The highest BCUT2D eigenvalue weighted by molar-refractivity contribution is 7.92. The molecule has 4 N–H and O–H groups in total. The normalized spacial score (nSPS) is 21.5. The number of amides is 2. The van der Waals surface area contributed by atoms with Crippen LogP contribution in [-0.4, -0.2) is 64.6 Å². The minimum atomic E-state index is -4.85. The van der Waals surface area contributed by atoms with Crippen LogP contribution in [0.3, 0.4) is 0 Å². The number of nitriles is 1. The molecule has 2 amide bonds. The zero-order valence-electron chi connectivity index (χ0n) is 23.3. The van der Waals surface area contributed by atoms with Crippen molar-refractivity contribution in [1.29, 1.82) is 5.26 Å². The molecule has 3 atom stereocenters. The van der Waals surface area contributed by atoms with Gasteiger partial charge in [0.2, 0.25) is 10.7 Å². The van der Waals surface area contributed by atoms with Crippen LogP contribution in [0.2, 0.25) is 0 Å². The maximum absolute atomic E-state index is 14.1. The number of carbonyl (C=O) groups excluding carboxylic acids is 2. The van der Waals surface area contributed by atoms with Crippen LogP contribution in [-0.2, 0) is 32.7 Å². The average Bonchev–Trinajstić information content (AvgIpc) is 3.52. The number of ether oxygens (including phenoxy) is 3. The summed E-state index contributed by atoms with van der Waals surface area (Å²) in [5.41, 5.74) is 1.19. The van der Waals surface area contributed by atoms with Crippen molar-refractivity contribution in [2.45, 2.75) is 36.4 Å². The molecule has 1 aliphatic carbocycles. The Labute approximate surface area is 244 Å². The van der Waals surface area contributed by atoms with Crippen LogP contribution in [0, 0.1) is 11.3 Å². The highest BCUT2D eigenvalue weighted by Crippen LogP contribution is 2.32. The van der Waals surface area contributed by atoms with Crippen molar-refractivity contribution in [2.24, 2.45) is 0 Å². The Morgan fingerprint density at radius 1 is 1.10 bits per heavy atom. The lowest BCUT2D eigenvalue weighted by molar-refractivity contribution is -0.123. The molecule has 0 bridgehead atoms. The van der Waals surface area contributed by atoms with Crippen LogP contribution < -0.4 is 30.1 Å². The van der Waals surface area contributed by atoms with Crippen molar-refractivity contribution in [3.05, 3.63) is 83.5 Å². The number of benzene rings is 2. The molecule has 2 aromatic rings. The summed E-state index contributed by atoms with van der Waals surface area (Å²) in [5, 5.41) is 18.8. The van der Waals surface area contributed by atoms with Gasteiger partial charge in [0.25, 0.3) is 10.0 Å². The molecule has 3 unspecified atom stereocenters. The molecule has 0 radical (unpaired) electrons. The minimum absolute atomic E-state index is 0.0538. The van der Waals surface area contributed by atoms with E-state index >= 15 is 0 Å².